The van der Waals surface area contributed by atoms with Crippen LogP contribution in [-0.4, -0.2) is 15.0 Å². The summed E-state index contributed by atoms with van der Waals surface area (Å²) in [6.45, 7) is 2.28. The summed E-state index contributed by atoms with van der Waals surface area (Å²) in [5.41, 5.74) is 25.1. The van der Waals surface area contributed by atoms with Gasteiger partial charge in [0.05, 0.1) is 10.8 Å². The second-order valence-corrected chi connectivity index (χ2v) is 19.0. The molecule has 5 aliphatic carbocycles. The molecule has 3 heteroatoms. The fourth-order valence-electron chi connectivity index (χ4n) is 13.1. The van der Waals surface area contributed by atoms with Crippen LogP contribution in [-0.2, 0) is 17.3 Å². The average Bonchev–Trinajstić information content (AvgIpc) is 4.07. The van der Waals surface area contributed by atoms with Gasteiger partial charge in [-0.15, -0.1) is 0 Å². The molecule has 2 spiro atoms. The molecular weight excluding hydrogens is 811 g/mol. The third kappa shape index (κ3) is 4.73. The normalized spacial score (nSPS) is 16.1. The van der Waals surface area contributed by atoms with E-state index in [9.17, 15) is 0 Å². The Morgan fingerprint density at radius 3 is 1.09 bits per heavy atom. The van der Waals surface area contributed by atoms with E-state index in [-0.39, 0.29) is 0 Å². The van der Waals surface area contributed by atoms with Crippen molar-refractivity contribution in [2.45, 2.75) is 24.2 Å². The van der Waals surface area contributed by atoms with Crippen molar-refractivity contribution in [2.75, 3.05) is 0 Å². The highest BCUT2D eigenvalue weighted by molar-refractivity contribution is 5.97. The quantitative estimate of drug-likeness (QED) is 0.178. The first-order valence-electron chi connectivity index (χ1n) is 23.6. The van der Waals surface area contributed by atoms with Crippen LogP contribution in [0.2, 0.25) is 0 Å². The summed E-state index contributed by atoms with van der Waals surface area (Å²) in [5, 5.41) is 0. The highest BCUT2D eigenvalue weighted by atomic mass is 15.0. The van der Waals surface area contributed by atoms with Crippen molar-refractivity contribution in [2.24, 2.45) is 5.92 Å². The van der Waals surface area contributed by atoms with E-state index in [1.54, 1.807) is 0 Å². The zero-order chi connectivity index (χ0) is 44.0. The molecule has 9 aromatic carbocycles. The highest BCUT2D eigenvalue weighted by Crippen LogP contribution is 2.64. The van der Waals surface area contributed by atoms with E-state index in [0.717, 1.165) is 23.1 Å². The van der Waals surface area contributed by atoms with Crippen LogP contribution >= 0.6 is 0 Å². The minimum absolute atomic E-state index is 0.467. The first-order chi connectivity index (χ1) is 33.1. The monoisotopic (exact) mass is 851 g/mol. The lowest BCUT2D eigenvalue weighted by molar-refractivity contribution is 0.717. The van der Waals surface area contributed by atoms with Crippen LogP contribution in [0.25, 0.3) is 84.7 Å². The lowest BCUT2D eigenvalue weighted by Gasteiger charge is -2.30. The van der Waals surface area contributed by atoms with E-state index in [4.69, 9.17) is 15.0 Å². The van der Waals surface area contributed by atoms with Gasteiger partial charge < -0.3 is 0 Å². The first kappa shape index (κ1) is 37.0. The molecule has 0 saturated heterocycles. The Bertz CT molecular complexity index is 3490. The number of hydrogen-bond donors (Lipinski definition) is 0. The van der Waals surface area contributed by atoms with Crippen molar-refractivity contribution in [3.05, 3.63) is 262 Å². The van der Waals surface area contributed by atoms with Gasteiger partial charge in [-0.1, -0.05) is 207 Å². The molecule has 3 nitrogen and oxygen atoms in total. The molecule has 0 saturated carbocycles. The molecule has 10 aromatic rings. The zero-order valence-corrected chi connectivity index (χ0v) is 36.8. The number of fused-ring (bicyclic) bond motifs is 21. The second-order valence-electron chi connectivity index (χ2n) is 19.0. The van der Waals surface area contributed by atoms with Crippen LogP contribution in [0, 0.1) is 5.92 Å². The summed E-state index contributed by atoms with van der Waals surface area (Å²) >= 11 is 0. The average molecular weight is 852 g/mol. The van der Waals surface area contributed by atoms with Crippen molar-refractivity contribution < 1.29 is 0 Å². The van der Waals surface area contributed by atoms with E-state index in [1.807, 2.05) is 0 Å². The fraction of sp³-hybridized carbons (Fsp3) is 0.0781. The van der Waals surface area contributed by atoms with Gasteiger partial charge in [0.15, 0.2) is 17.5 Å². The SMILES string of the molecule is CC1C=Cc2c(cccc2-c2nc(-c3ccc4c(c3)C3(c5ccccc5-c5ccccc53)c3ccccc3-4)nc(-c3ccc4c(c3)C3(c5ccccc5-c5ccccc53)c3ccccc3-4)n2)C1. The van der Waals surface area contributed by atoms with Gasteiger partial charge in [-0.25, -0.2) is 15.0 Å². The smallest absolute Gasteiger partial charge is 0.164 e. The molecule has 15 rings (SSSR count). The summed E-state index contributed by atoms with van der Waals surface area (Å²) in [5.74, 6) is 2.47. The van der Waals surface area contributed by atoms with E-state index < -0.39 is 10.8 Å². The minimum Gasteiger partial charge on any atom is -0.208 e. The summed E-state index contributed by atoms with van der Waals surface area (Å²) in [6, 6.07) is 74.4. The van der Waals surface area contributed by atoms with E-state index in [1.165, 1.54) is 100 Å². The maximum absolute atomic E-state index is 5.54. The Morgan fingerprint density at radius 1 is 0.343 bits per heavy atom. The Hall–Kier alpha value is -8.27. The van der Waals surface area contributed by atoms with Gasteiger partial charge in [-0.05, 0) is 125 Å². The predicted octanol–water partition coefficient (Wildman–Crippen LogP) is 14.8. The van der Waals surface area contributed by atoms with Crippen molar-refractivity contribution in [1.29, 1.82) is 0 Å². The van der Waals surface area contributed by atoms with Crippen LogP contribution in [0.4, 0.5) is 0 Å². The maximum Gasteiger partial charge on any atom is 0.164 e. The largest absolute Gasteiger partial charge is 0.208 e. The van der Waals surface area contributed by atoms with Crippen LogP contribution in [0.5, 0.6) is 0 Å². The number of hydrogen-bond acceptors (Lipinski definition) is 3. The van der Waals surface area contributed by atoms with Gasteiger partial charge in [0.1, 0.15) is 0 Å². The Balaban J connectivity index is 0.981. The molecule has 1 heterocycles. The van der Waals surface area contributed by atoms with Crippen LogP contribution < -0.4 is 0 Å². The van der Waals surface area contributed by atoms with Crippen molar-refractivity contribution in [3.63, 3.8) is 0 Å². The third-order valence-corrected chi connectivity index (χ3v) is 15.7. The molecule has 1 aromatic heterocycles. The molecule has 0 radical (unpaired) electrons. The lowest BCUT2D eigenvalue weighted by atomic mass is 9.70. The highest BCUT2D eigenvalue weighted by Gasteiger charge is 2.53. The lowest BCUT2D eigenvalue weighted by Crippen LogP contribution is -2.26. The predicted molar refractivity (Wildman–Crippen MR) is 271 cm³/mol. The Morgan fingerprint density at radius 2 is 0.687 bits per heavy atom. The molecule has 5 aliphatic rings. The summed E-state index contributed by atoms with van der Waals surface area (Å²) in [6.07, 6.45) is 5.58. The molecule has 0 amide bonds. The number of nitrogens with zero attached hydrogens (tertiary/aromatic N) is 3. The topological polar surface area (TPSA) is 38.7 Å². The van der Waals surface area contributed by atoms with Gasteiger partial charge in [0, 0.05) is 16.7 Å². The van der Waals surface area contributed by atoms with Gasteiger partial charge >= 0.3 is 0 Å². The van der Waals surface area contributed by atoms with Crippen LogP contribution in [0.1, 0.15) is 62.6 Å². The summed E-state index contributed by atoms with van der Waals surface area (Å²) < 4.78 is 0. The number of rotatable bonds is 3. The van der Waals surface area contributed by atoms with E-state index >= 15 is 0 Å². The van der Waals surface area contributed by atoms with Gasteiger partial charge in [0.2, 0.25) is 0 Å². The molecule has 0 bridgehead atoms. The third-order valence-electron chi connectivity index (χ3n) is 15.7. The van der Waals surface area contributed by atoms with Crippen molar-refractivity contribution in [1.82, 2.24) is 15.0 Å². The zero-order valence-electron chi connectivity index (χ0n) is 36.8. The molecule has 0 aliphatic heterocycles. The minimum atomic E-state index is -0.481. The molecule has 0 N–H and O–H groups in total. The summed E-state index contributed by atoms with van der Waals surface area (Å²) in [7, 11) is 0. The standard InChI is InChI=1S/C64H41N3/c1-38-29-32-42-39(35-38)15-14-22-51(42)62-66-60(40-30-33-49-47-20-6-12-27-56(47)63(58(49)36-40)52-23-8-2-16-43(52)44-17-3-9-24-53(44)63)65-61(67-62)41-31-34-50-48-21-7-13-28-57(48)64(59(50)37-41)54-25-10-4-18-45(54)46-19-5-11-26-55(46)64/h2-34,36-38H,35H2,1H3. The summed E-state index contributed by atoms with van der Waals surface area (Å²) in [4.78, 5) is 16.5. The van der Waals surface area contributed by atoms with Crippen LogP contribution in [0.15, 0.2) is 206 Å². The molecule has 1 atom stereocenters. The number of benzene rings is 9. The van der Waals surface area contributed by atoms with E-state index in [2.05, 4.69) is 219 Å². The van der Waals surface area contributed by atoms with Gasteiger partial charge in [-0.3, -0.25) is 0 Å². The second kappa shape index (κ2) is 13.4. The van der Waals surface area contributed by atoms with Crippen molar-refractivity contribution in [3.8, 4) is 78.7 Å². The molecule has 0 fully saturated rings. The van der Waals surface area contributed by atoms with Crippen molar-refractivity contribution >= 4 is 6.08 Å². The molecule has 1 unspecified atom stereocenters. The van der Waals surface area contributed by atoms with Gasteiger partial charge in [0.25, 0.3) is 0 Å². The molecular formula is C64H41N3. The fourth-order valence-corrected chi connectivity index (χ4v) is 13.1. The number of allylic oxidation sites excluding steroid dienone is 1. The van der Waals surface area contributed by atoms with Crippen LogP contribution in [0.3, 0.4) is 0 Å². The van der Waals surface area contributed by atoms with E-state index in [0.29, 0.717) is 23.4 Å². The molecule has 67 heavy (non-hydrogen) atoms. The maximum atomic E-state index is 5.54. The Kier molecular flexibility index (Phi) is 7.40. The molecule has 312 valence electrons. The first-order valence-corrected chi connectivity index (χ1v) is 23.6. The van der Waals surface area contributed by atoms with Gasteiger partial charge in [-0.2, -0.15) is 0 Å². The Labute approximate surface area is 389 Å². The number of aromatic nitrogens is 3.